The van der Waals surface area contributed by atoms with E-state index in [1.807, 2.05) is 74.5 Å². The second kappa shape index (κ2) is 12.9. The molecule has 1 atom stereocenters. The first-order valence-corrected chi connectivity index (χ1v) is 14.3. The molecule has 7 nitrogen and oxygen atoms in total. The van der Waals surface area contributed by atoms with Crippen molar-refractivity contribution >= 4 is 39.1 Å². The van der Waals surface area contributed by atoms with Gasteiger partial charge in [-0.15, -0.1) is 0 Å². The molecule has 0 aliphatic carbocycles. The Kier molecular flexibility index (Phi) is 9.88. The van der Waals surface area contributed by atoms with Crippen molar-refractivity contribution in [2.75, 3.05) is 17.1 Å². The maximum atomic E-state index is 13.9. The first-order valence-electron chi connectivity index (χ1n) is 12.1. The molecular formula is C28H31ClFN3O4S. The minimum absolute atomic E-state index is 0.0400. The molecule has 1 N–H and O–H groups in total. The SMILES string of the molecule is CC(C)NC(=O)C(Cc1ccccc1)N(Cc1ccccc1)C(=O)CN(c1ccc(F)c(Cl)c1)S(C)(=O)=O. The molecule has 0 aromatic heterocycles. The minimum atomic E-state index is -3.97. The van der Waals surface area contributed by atoms with Crippen molar-refractivity contribution < 1.29 is 22.4 Å². The summed E-state index contributed by atoms with van der Waals surface area (Å²) >= 11 is 5.90. The molecule has 3 aromatic rings. The van der Waals surface area contributed by atoms with Gasteiger partial charge in [0.05, 0.1) is 17.0 Å². The Hall–Kier alpha value is -3.43. The van der Waals surface area contributed by atoms with Crippen LogP contribution < -0.4 is 9.62 Å². The van der Waals surface area contributed by atoms with E-state index in [2.05, 4.69) is 5.32 Å². The van der Waals surface area contributed by atoms with E-state index in [0.717, 1.165) is 33.8 Å². The molecule has 0 heterocycles. The van der Waals surface area contributed by atoms with Gasteiger partial charge in [-0.1, -0.05) is 72.3 Å². The molecule has 3 rings (SSSR count). The van der Waals surface area contributed by atoms with Crippen molar-refractivity contribution in [3.8, 4) is 0 Å². The molecule has 0 bridgehead atoms. The van der Waals surface area contributed by atoms with E-state index in [0.29, 0.717) is 0 Å². The summed E-state index contributed by atoms with van der Waals surface area (Å²) in [4.78, 5) is 28.7. The van der Waals surface area contributed by atoms with Crippen LogP contribution in [0.4, 0.5) is 10.1 Å². The van der Waals surface area contributed by atoms with Gasteiger partial charge in [0.1, 0.15) is 18.4 Å². The number of rotatable bonds is 11. The van der Waals surface area contributed by atoms with E-state index >= 15 is 0 Å². The average molecular weight is 560 g/mol. The van der Waals surface area contributed by atoms with E-state index in [1.54, 1.807) is 0 Å². The summed E-state index contributed by atoms with van der Waals surface area (Å²) in [6.07, 6.45) is 1.17. The third-order valence-corrected chi connectivity index (χ3v) is 7.20. The molecule has 0 aliphatic heterocycles. The zero-order valence-electron chi connectivity index (χ0n) is 21.5. The Morgan fingerprint density at radius 1 is 0.947 bits per heavy atom. The highest BCUT2D eigenvalue weighted by atomic mass is 35.5. The number of carbonyl (C=O) groups excluding carboxylic acids is 2. The summed E-state index contributed by atoms with van der Waals surface area (Å²) in [5.41, 5.74) is 1.65. The molecule has 0 saturated heterocycles. The molecule has 10 heteroatoms. The zero-order chi connectivity index (χ0) is 27.9. The molecule has 2 amide bonds. The highest BCUT2D eigenvalue weighted by molar-refractivity contribution is 7.92. The van der Waals surface area contributed by atoms with Crippen molar-refractivity contribution in [1.82, 2.24) is 10.2 Å². The summed E-state index contributed by atoms with van der Waals surface area (Å²) in [6, 6.07) is 20.7. The van der Waals surface area contributed by atoms with Crippen LogP contribution in [0.15, 0.2) is 78.9 Å². The van der Waals surface area contributed by atoms with Gasteiger partial charge in [0.15, 0.2) is 0 Å². The molecule has 202 valence electrons. The number of benzene rings is 3. The Morgan fingerprint density at radius 2 is 1.53 bits per heavy atom. The van der Waals surface area contributed by atoms with Crippen LogP contribution in [-0.2, 0) is 32.6 Å². The first kappa shape index (κ1) is 29.1. The van der Waals surface area contributed by atoms with Crippen molar-refractivity contribution in [2.45, 2.75) is 38.9 Å². The van der Waals surface area contributed by atoms with Crippen molar-refractivity contribution in [2.24, 2.45) is 0 Å². The van der Waals surface area contributed by atoms with Crippen LogP contribution in [0.25, 0.3) is 0 Å². The van der Waals surface area contributed by atoms with Crippen molar-refractivity contribution in [1.29, 1.82) is 0 Å². The second-order valence-corrected chi connectivity index (χ2v) is 11.6. The van der Waals surface area contributed by atoms with Crippen LogP contribution in [-0.4, -0.2) is 50.0 Å². The predicted molar refractivity (Wildman–Crippen MR) is 148 cm³/mol. The summed E-state index contributed by atoms with van der Waals surface area (Å²) in [5.74, 6) is -1.67. The topological polar surface area (TPSA) is 86.8 Å². The molecule has 0 saturated carbocycles. The quantitative estimate of drug-likeness (QED) is 0.377. The minimum Gasteiger partial charge on any atom is -0.352 e. The average Bonchev–Trinajstić information content (AvgIpc) is 2.86. The van der Waals surface area contributed by atoms with Gasteiger partial charge in [-0.2, -0.15) is 0 Å². The predicted octanol–water partition coefficient (Wildman–Crippen LogP) is 4.41. The Balaban J connectivity index is 2.04. The molecule has 1 unspecified atom stereocenters. The fourth-order valence-corrected chi connectivity index (χ4v) is 4.98. The molecule has 0 fully saturated rings. The normalized spacial score (nSPS) is 12.2. The Labute approximate surface area is 228 Å². The Morgan fingerprint density at radius 3 is 2.05 bits per heavy atom. The summed E-state index contributed by atoms with van der Waals surface area (Å²) in [5, 5.41) is 2.61. The number of anilines is 1. The van der Waals surface area contributed by atoms with Crippen LogP contribution in [0.2, 0.25) is 5.02 Å². The summed E-state index contributed by atoms with van der Waals surface area (Å²) in [6.45, 7) is 3.12. The Bertz CT molecular complexity index is 1360. The van der Waals surface area contributed by atoms with Crippen LogP contribution in [0.1, 0.15) is 25.0 Å². The van der Waals surface area contributed by atoms with E-state index in [-0.39, 0.29) is 35.6 Å². The summed E-state index contributed by atoms with van der Waals surface area (Å²) in [7, 11) is -3.97. The van der Waals surface area contributed by atoms with Crippen LogP contribution in [0.3, 0.4) is 0 Å². The number of halogens is 2. The number of nitrogens with one attached hydrogen (secondary N) is 1. The molecule has 38 heavy (non-hydrogen) atoms. The highest BCUT2D eigenvalue weighted by Crippen LogP contribution is 2.25. The van der Waals surface area contributed by atoms with Gasteiger partial charge in [-0.05, 0) is 43.2 Å². The molecule has 0 spiro atoms. The lowest BCUT2D eigenvalue weighted by molar-refractivity contribution is -0.140. The van der Waals surface area contributed by atoms with Crippen LogP contribution in [0, 0.1) is 5.82 Å². The third kappa shape index (κ3) is 8.03. The van der Waals surface area contributed by atoms with E-state index in [4.69, 9.17) is 11.6 Å². The number of hydrogen-bond donors (Lipinski definition) is 1. The lowest BCUT2D eigenvalue weighted by Gasteiger charge is -2.34. The fourth-order valence-electron chi connectivity index (χ4n) is 3.97. The number of nitrogens with zero attached hydrogens (tertiary/aromatic N) is 2. The lowest BCUT2D eigenvalue weighted by atomic mass is 10.0. The van der Waals surface area contributed by atoms with E-state index < -0.39 is 34.3 Å². The van der Waals surface area contributed by atoms with Crippen LogP contribution >= 0.6 is 11.6 Å². The molecule has 0 aliphatic rings. The summed E-state index contributed by atoms with van der Waals surface area (Å²) < 4.78 is 40.1. The smallest absolute Gasteiger partial charge is 0.244 e. The largest absolute Gasteiger partial charge is 0.352 e. The molecule has 0 radical (unpaired) electrons. The van der Waals surface area contributed by atoms with Gasteiger partial charge in [0, 0.05) is 19.0 Å². The highest BCUT2D eigenvalue weighted by Gasteiger charge is 2.33. The van der Waals surface area contributed by atoms with Gasteiger partial charge in [0.2, 0.25) is 21.8 Å². The van der Waals surface area contributed by atoms with E-state index in [1.165, 1.54) is 11.0 Å². The monoisotopic (exact) mass is 559 g/mol. The molecular weight excluding hydrogens is 529 g/mol. The first-order chi connectivity index (χ1) is 18.0. The van der Waals surface area contributed by atoms with Gasteiger partial charge in [-0.25, -0.2) is 12.8 Å². The van der Waals surface area contributed by atoms with Gasteiger partial charge < -0.3 is 10.2 Å². The standard InChI is InChI=1S/C28H31ClFN3O4S/c1-20(2)31-28(35)26(16-21-10-6-4-7-11-21)32(18-22-12-8-5-9-13-22)27(34)19-33(38(3,36)37)23-14-15-25(30)24(29)17-23/h4-15,17,20,26H,16,18-19H2,1-3H3,(H,31,35). The van der Waals surface area contributed by atoms with E-state index in [9.17, 15) is 22.4 Å². The zero-order valence-corrected chi connectivity index (χ0v) is 23.0. The number of carbonyl (C=O) groups is 2. The van der Waals surface area contributed by atoms with Crippen LogP contribution in [0.5, 0.6) is 0 Å². The maximum absolute atomic E-state index is 13.9. The van der Waals surface area contributed by atoms with Gasteiger partial charge in [0.25, 0.3) is 0 Å². The maximum Gasteiger partial charge on any atom is 0.244 e. The van der Waals surface area contributed by atoms with Gasteiger partial charge in [-0.3, -0.25) is 13.9 Å². The molecule has 3 aromatic carbocycles. The lowest BCUT2D eigenvalue weighted by Crippen LogP contribution is -2.54. The number of hydrogen-bond acceptors (Lipinski definition) is 4. The fraction of sp³-hybridized carbons (Fsp3) is 0.286. The van der Waals surface area contributed by atoms with Crippen molar-refractivity contribution in [3.05, 3.63) is 101 Å². The number of amides is 2. The third-order valence-electron chi connectivity index (χ3n) is 5.77. The second-order valence-electron chi connectivity index (χ2n) is 9.24. The van der Waals surface area contributed by atoms with Gasteiger partial charge >= 0.3 is 0 Å². The van der Waals surface area contributed by atoms with Crippen molar-refractivity contribution in [3.63, 3.8) is 0 Å². The number of sulfonamides is 1.